The fourth-order valence-corrected chi connectivity index (χ4v) is 3.03. The van der Waals surface area contributed by atoms with Gasteiger partial charge in [0.05, 0.1) is 6.04 Å². The molecule has 0 bridgehead atoms. The quantitative estimate of drug-likeness (QED) is 0.919. The molecule has 2 aromatic rings. The number of hydrogen-bond acceptors (Lipinski definition) is 4. The van der Waals surface area contributed by atoms with E-state index in [9.17, 15) is 0 Å². The van der Waals surface area contributed by atoms with Crippen LogP contribution in [-0.2, 0) is 0 Å². The van der Waals surface area contributed by atoms with E-state index >= 15 is 0 Å². The smallest absolute Gasteiger partial charge is 0.148 e. The molecule has 0 saturated heterocycles. The van der Waals surface area contributed by atoms with Crippen LogP contribution in [0.2, 0.25) is 5.02 Å². The summed E-state index contributed by atoms with van der Waals surface area (Å²) in [4.78, 5) is 0. The van der Waals surface area contributed by atoms with Gasteiger partial charge in [-0.1, -0.05) is 38.9 Å². The van der Waals surface area contributed by atoms with Gasteiger partial charge >= 0.3 is 0 Å². The molecule has 84 valence electrons. The molecule has 3 nitrogen and oxygen atoms in total. The number of rotatable bonds is 2. The Morgan fingerprint density at radius 1 is 1.44 bits per heavy atom. The molecule has 0 saturated carbocycles. The van der Waals surface area contributed by atoms with Gasteiger partial charge in [0.1, 0.15) is 10.0 Å². The maximum Gasteiger partial charge on any atom is 0.148 e. The SMILES string of the molecule is CC(N)c1nnc(-c2ccc(Cl)cc2Br)s1. The summed E-state index contributed by atoms with van der Waals surface area (Å²) in [5, 5.41) is 10.5. The van der Waals surface area contributed by atoms with Crippen molar-refractivity contribution in [2.45, 2.75) is 13.0 Å². The van der Waals surface area contributed by atoms with E-state index in [0.717, 1.165) is 20.1 Å². The molecule has 0 fully saturated rings. The molecule has 0 radical (unpaired) electrons. The topological polar surface area (TPSA) is 51.8 Å². The molecule has 1 atom stereocenters. The minimum Gasteiger partial charge on any atom is -0.322 e. The zero-order valence-corrected chi connectivity index (χ0v) is 11.6. The Hall–Kier alpha value is -0.490. The van der Waals surface area contributed by atoms with Gasteiger partial charge in [-0.2, -0.15) is 0 Å². The molecule has 1 aromatic heterocycles. The van der Waals surface area contributed by atoms with Crippen LogP contribution in [-0.4, -0.2) is 10.2 Å². The number of nitrogens with zero attached hydrogens (tertiary/aromatic N) is 2. The van der Waals surface area contributed by atoms with E-state index in [-0.39, 0.29) is 6.04 Å². The molecule has 6 heteroatoms. The highest BCUT2D eigenvalue weighted by Crippen LogP contribution is 2.33. The lowest BCUT2D eigenvalue weighted by atomic mass is 10.2. The van der Waals surface area contributed by atoms with Crippen molar-refractivity contribution in [2.75, 3.05) is 0 Å². The first-order valence-electron chi connectivity index (χ1n) is 4.62. The van der Waals surface area contributed by atoms with Crippen molar-refractivity contribution < 1.29 is 0 Å². The Bertz CT molecular complexity index is 513. The van der Waals surface area contributed by atoms with Gasteiger partial charge in [-0.05, 0) is 25.1 Å². The normalized spacial score (nSPS) is 12.8. The maximum absolute atomic E-state index is 5.88. The first-order chi connectivity index (χ1) is 7.58. The van der Waals surface area contributed by atoms with Crippen molar-refractivity contribution in [1.82, 2.24) is 10.2 Å². The van der Waals surface area contributed by atoms with Gasteiger partial charge in [0.25, 0.3) is 0 Å². The van der Waals surface area contributed by atoms with Crippen LogP contribution >= 0.6 is 38.9 Å². The van der Waals surface area contributed by atoms with Gasteiger partial charge in [0, 0.05) is 15.1 Å². The Balaban J connectivity index is 2.42. The molecule has 1 aromatic carbocycles. The molecule has 2 N–H and O–H groups in total. The third-order valence-electron chi connectivity index (χ3n) is 1.99. The molecule has 2 rings (SSSR count). The maximum atomic E-state index is 5.88. The molecule has 1 unspecified atom stereocenters. The van der Waals surface area contributed by atoms with Crippen molar-refractivity contribution in [3.63, 3.8) is 0 Å². The van der Waals surface area contributed by atoms with Crippen LogP contribution < -0.4 is 5.73 Å². The second-order valence-electron chi connectivity index (χ2n) is 3.36. The minimum atomic E-state index is -0.0858. The van der Waals surface area contributed by atoms with Gasteiger partial charge in [0.15, 0.2) is 0 Å². The summed E-state index contributed by atoms with van der Waals surface area (Å²) in [5.41, 5.74) is 6.72. The molecule has 0 aliphatic carbocycles. The first kappa shape index (κ1) is 12.0. The van der Waals surface area contributed by atoms with Gasteiger partial charge in [-0.25, -0.2) is 0 Å². The number of benzene rings is 1. The Morgan fingerprint density at radius 3 is 2.75 bits per heavy atom. The van der Waals surface area contributed by atoms with E-state index in [1.54, 1.807) is 0 Å². The van der Waals surface area contributed by atoms with E-state index in [1.165, 1.54) is 11.3 Å². The zero-order valence-electron chi connectivity index (χ0n) is 8.45. The third kappa shape index (κ3) is 2.43. The minimum absolute atomic E-state index is 0.0858. The molecule has 16 heavy (non-hydrogen) atoms. The molecule has 1 heterocycles. The predicted molar refractivity (Wildman–Crippen MR) is 70.7 cm³/mol. The summed E-state index contributed by atoms with van der Waals surface area (Å²) in [5.74, 6) is 0. The second kappa shape index (κ2) is 4.79. The summed E-state index contributed by atoms with van der Waals surface area (Å²) >= 11 is 10.8. The summed E-state index contributed by atoms with van der Waals surface area (Å²) < 4.78 is 0.910. The highest BCUT2D eigenvalue weighted by Gasteiger charge is 2.12. The summed E-state index contributed by atoms with van der Waals surface area (Å²) in [6.07, 6.45) is 0. The van der Waals surface area contributed by atoms with Gasteiger partial charge in [0.2, 0.25) is 0 Å². The predicted octanol–water partition coefficient (Wildman–Crippen LogP) is 3.64. The van der Waals surface area contributed by atoms with Crippen molar-refractivity contribution in [3.05, 3.63) is 32.7 Å². The zero-order chi connectivity index (χ0) is 11.7. The van der Waals surface area contributed by atoms with E-state index in [0.29, 0.717) is 5.02 Å². The number of nitrogens with two attached hydrogens (primary N) is 1. The Labute approximate surface area is 111 Å². The van der Waals surface area contributed by atoms with Crippen molar-refractivity contribution in [2.24, 2.45) is 5.73 Å². The van der Waals surface area contributed by atoms with Crippen LogP contribution in [0.4, 0.5) is 0 Å². The van der Waals surface area contributed by atoms with Gasteiger partial charge < -0.3 is 5.73 Å². The summed E-state index contributed by atoms with van der Waals surface area (Å²) in [7, 11) is 0. The first-order valence-corrected chi connectivity index (χ1v) is 6.61. The van der Waals surface area contributed by atoms with Crippen molar-refractivity contribution >= 4 is 38.9 Å². The van der Waals surface area contributed by atoms with Crippen molar-refractivity contribution in [1.29, 1.82) is 0 Å². The lowest BCUT2D eigenvalue weighted by Crippen LogP contribution is -2.03. The average Bonchev–Trinajstić information content (AvgIpc) is 2.66. The fourth-order valence-electron chi connectivity index (χ4n) is 1.19. The van der Waals surface area contributed by atoms with Crippen LogP contribution in [0.1, 0.15) is 18.0 Å². The van der Waals surface area contributed by atoms with E-state index in [4.69, 9.17) is 17.3 Å². The number of halogens is 2. The molecule has 0 aliphatic heterocycles. The number of hydrogen-bond donors (Lipinski definition) is 1. The van der Waals surface area contributed by atoms with Gasteiger partial charge in [-0.3, -0.25) is 0 Å². The fraction of sp³-hybridized carbons (Fsp3) is 0.200. The largest absolute Gasteiger partial charge is 0.322 e. The molecular formula is C10H9BrClN3S. The van der Waals surface area contributed by atoms with E-state index in [2.05, 4.69) is 26.1 Å². The summed E-state index contributed by atoms with van der Waals surface area (Å²) in [6, 6.07) is 5.49. The highest BCUT2D eigenvalue weighted by molar-refractivity contribution is 9.10. The standard InChI is InChI=1S/C10H9BrClN3S/c1-5(13)9-14-15-10(16-9)7-3-2-6(12)4-8(7)11/h2-5H,13H2,1H3. The van der Waals surface area contributed by atoms with Crippen LogP contribution in [0.25, 0.3) is 10.6 Å². The van der Waals surface area contributed by atoms with Gasteiger partial charge in [-0.15, -0.1) is 10.2 Å². The molecule has 0 aliphatic rings. The summed E-state index contributed by atoms with van der Waals surface area (Å²) in [6.45, 7) is 1.89. The van der Waals surface area contributed by atoms with Crippen LogP contribution in [0.15, 0.2) is 22.7 Å². The molecular weight excluding hydrogens is 310 g/mol. The Morgan fingerprint density at radius 2 is 2.19 bits per heavy atom. The van der Waals surface area contributed by atoms with Crippen LogP contribution in [0, 0.1) is 0 Å². The van der Waals surface area contributed by atoms with E-state index in [1.807, 2.05) is 25.1 Å². The lowest BCUT2D eigenvalue weighted by molar-refractivity contribution is 0.786. The van der Waals surface area contributed by atoms with E-state index < -0.39 is 0 Å². The monoisotopic (exact) mass is 317 g/mol. The molecule has 0 spiro atoms. The van der Waals surface area contributed by atoms with Crippen LogP contribution in [0.3, 0.4) is 0 Å². The van der Waals surface area contributed by atoms with Crippen molar-refractivity contribution in [3.8, 4) is 10.6 Å². The van der Waals surface area contributed by atoms with Crippen LogP contribution in [0.5, 0.6) is 0 Å². The lowest BCUT2D eigenvalue weighted by Gasteiger charge is -2.00. The Kier molecular flexibility index (Phi) is 3.59. The third-order valence-corrected chi connectivity index (χ3v) is 4.04. The average molecular weight is 319 g/mol. The number of aromatic nitrogens is 2. The highest BCUT2D eigenvalue weighted by atomic mass is 79.9. The second-order valence-corrected chi connectivity index (χ2v) is 5.66. The molecule has 0 amide bonds.